The van der Waals surface area contributed by atoms with E-state index in [0.29, 0.717) is 28.0 Å². The van der Waals surface area contributed by atoms with Gasteiger partial charge >= 0.3 is 0 Å². The molecule has 0 aliphatic heterocycles. The average Bonchev–Trinajstić information content (AvgIpc) is 2.38. The lowest BCUT2D eigenvalue weighted by atomic mass is 10.1. The minimum atomic E-state index is -0.639. The van der Waals surface area contributed by atoms with Gasteiger partial charge in [-0.1, -0.05) is 41.4 Å². The average molecular weight is 297 g/mol. The molecule has 0 saturated carbocycles. The summed E-state index contributed by atoms with van der Waals surface area (Å²) in [6, 6.07) is 12.7. The van der Waals surface area contributed by atoms with E-state index < -0.39 is 6.10 Å². The Kier molecular flexibility index (Phi) is 4.70. The number of hydrogen-bond acceptors (Lipinski definition) is 2. The van der Waals surface area contributed by atoms with Crippen LogP contribution in [-0.4, -0.2) is 5.11 Å². The summed E-state index contributed by atoms with van der Waals surface area (Å²) in [7, 11) is 0. The second kappa shape index (κ2) is 6.29. The van der Waals surface area contributed by atoms with Crippen molar-refractivity contribution in [1.82, 2.24) is 0 Å². The molecule has 2 aromatic carbocycles. The smallest absolute Gasteiger partial charge is 0.125 e. The third-order valence-electron chi connectivity index (χ3n) is 2.76. The summed E-state index contributed by atoms with van der Waals surface area (Å²) >= 11 is 12.0. The molecule has 0 aliphatic rings. The van der Waals surface area contributed by atoms with Gasteiger partial charge in [-0.15, -0.1) is 0 Å². The van der Waals surface area contributed by atoms with E-state index in [9.17, 15) is 5.11 Å². The van der Waals surface area contributed by atoms with Gasteiger partial charge in [-0.3, -0.25) is 0 Å². The van der Waals surface area contributed by atoms with Crippen LogP contribution >= 0.6 is 23.2 Å². The SMILES string of the molecule is C[C@@H](O)c1cc(Cl)ccc1OCc1ccccc1Cl. The highest BCUT2D eigenvalue weighted by Crippen LogP contribution is 2.29. The molecule has 0 heterocycles. The molecule has 4 heteroatoms. The second-order valence-electron chi connectivity index (χ2n) is 4.24. The second-order valence-corrected chi connectivity index (χ2v) is 5.08. The fourth-order valence-corrected chi connectivity index (χ4v) is 2.12. The molecule has 0 saturated heterocycles. The molecule has 0 bridgehead atoms. The van der Waals surface area contributed by atoms with Crippen LogP contribution in [0.2, 0.25) is 10.0 Å². The van der Waals surface area contributed by atoms with Crippen molar-refractivity contribution in [2.24, 2.45) is 0 Å². The first kappa shape index (κ1) is 14.2. The van der Waals surface area contributed by atoms with Crippen LogP contribution < -0.4 is 4.74 Å². The van der Waals surface area contributed by atoms with Crippen molar-refractivity contribution in [2.45, 2.75) is 19.6 Å². The molecule has 0 unspecified atom stereocenters. The molecule has 19 heavy (non-hydrogen) atoms. The Morgan fingerprint density at radius 2 is 1.89 bits per heavy atom. The van der Waals surface area contributed by atoms with E-state index in [0.717, 1.165) is 5.56 Å². The zero-order valence-electron chi connectivity index (χ0n) is 10.4. The van der Waals surface area contributed by atoms with Crippen molar-refractivity contribution in [3.63, 3.8) is 0 Å². The van der Waals surface area contributed by atoms with Crippen LogP contribution in [0.15, 0.2) is 42.5 Å². The van der Waals surface area contributed by atoms with Crippen molar-refractivity contribution >= 4 is 23.2 Å². The van der Waals surface area contributed by atoms with E-state index >= 15 is 0 Å². The normalized spacial score (nSPS) is 12.2. The van der Waals surface area contributed by atoms with Gasteiger partial charge in [0.05, 0.1) is 6.10 Å². The Labute approximate surface area is 122 Å². The van der Waals surface area contributed by atoms with E-state index in [2.05, 4.69) is 0 Å². The van der Waals surface area contributed by atoms with Gasteiger partial charge < -0.3 is 9.84 Å². The predicted octanol–water partition coefficient (Wildman–Crippen LogP) is 4.63. The van der Waals surface area contributed by atoms with Crippen LogP contribution in [0.5, 0.6) is 5.75 Å². The highest BCUT2D eigenvalue weighted by Gasteiger charge is 2.10. The maximum atomic E-state index is 9.72. The number of hydrogen-bond donors (Lipinski definition) is 1. The van der Waals surface area contributed by atoms with Gasteiger partial charge in [-0.2, -0.15) is 0 Å². The van der Waals surface area contributed by atoms with Gasteiger partial charge in [0.15, 0.2) is 0 Å². The van der Waals surface area contributed by atoms with Crippen LogP contribution in [0.3, 0.4) is 0 Å². The van der Waals surface area contributed by atoms with Crippen LogP contribution in [0.25, 0.3) is 0 Å². The molecule has 2 aromatic rings. The summed E-state index contributed by atoms with van der Waals surface area (Å²) in [5.74, 6) is 0.610. The van der Waals surface area contributed by atoms with Crippen molar-refractivity contribution < 1.29 is 9.84 Å². The highest BCUT2D eigenvalue weighted by atomic mass is 35.5. The van der Waals surface area contributed by atoms with Crippen molar-refractivity contribution in [1.29, 1.82) is 0 Å². The molecule has 2 rings (SSSR count). The Bertz CT molecular complexity index is 568. The van der Waals surface area contributed by atoms with Gasteiger partial charge in [0.1, 0.15) is 12.4 Å². The molecule has 0 aromatic heterocycles. The summed E-state index contributed by atoms with van der Waals surface area (Å²) < 4.78 is 5.72. The molecule has 0 amide bonds. The molecular formula is C15H14Cl2O2. The van der Waals surface area contributed by atoms with Crippen molar-refractivity contribution in [3.05, 3.63) is 63.6 Å². The Balaban J connectivity index is 2.18. The van der Waals surface area contributed by atoms with Crippen LogP contribution in [-0.2, 0) is 6.61 Å². The van der Waals surface area contributed by atoms with Gasteiger partial charge in [-0.25, -0.2) is 0 Å². The quantitative estimate of drug-likeness (QED) is 0.891. The molecule has 100 valence electrons. The molecule has 0 spiro atoms. The first-order valence-electron chi connectivity index (χ1n) is 5.91. The Hall–Kier alpha value is -1.22. The molecule has 0 fully saturated rings. The molecule has 1 atom stereocenters. The zero-order valence-corrected chi connectivity index (χ0v) is 11.9. The first-order chi connectivity index (χ1) is 9.08. The maximum Gasteiger partial charge on any atom is 0.125 e. The van der Waals surface area contributed by atoms with Gasteiger partial charge in [-0.05, 0) is 31.2 Å². The molecule has 2 nitrogen and oxygen atoms in total. The lowest BCUT2D eigenvalue weighted by Gasteiger charge is -2.14. The minimum Gasteiger partial charge on any atom is -0.488 e. The zero-order chi connectivity index (χ0) is 13.8. The van der Waals surface area contributed by atoms with Gasteiger partial charge in [0.25, 0.3) is 0 Å². The number of rotatable bonds is 4. The monoisotopic (exact) mass is 296 g/mol. The number of benzene rings is 2. The van der Waals surface area contributed by atoms with Crippen molar-refractivity contribution in [3.8, 4) is 5.75 Å². The Morgan fingerprint density at radius 3 is 2.58 bits per heavy atom. The lowest BCUT2D eigenvalue weighted by molar-refractivity contribution is 0.190. The largest absolute Gasteiger partial charge is 0.488 e. The topological polar surface area (TPSA) is 29.5 Å². The molecular weight excluding hydrogens is 283 g/mol. The molecule has 1 N–H and O–H groups in total. The highest BCUT2D eigenvalue weighted by molar-refractivity contribution is 6.31. The van der Waals surface area contributed by atoms with Crippen LogP contribution in [0.1, 0.15) is 24.2 Å². The fraction of sp³-hybridized carbons (Fsp3) is 0.200. The standard InChI is InChI=1S/C15H14Cl2O2/c1-10(18)13-8-12(16)6-7-15(13)19-9-11-4-2-3-5-14(11)17/h2-8,10,18H,9H2,1H3/t10-/m1/s1. The fourth-order valence-electron chi connectivity index (χ4n) is 1.75. The Morgan fingerprint density at radius 1 is 1.16 bits per heavy atom. The number of ether oxygens (including phenoxy) is 1. The van der Waals surface area contributed by atoms with Gasteiger partial charge in [0, 0.05) is 21.2 Å². The number of halogens is 2. The minimum absolute atomic E-state index is 0.348. The van der Waals surface area contributed by atoms with E-state index in [1.165, 1.54) is 0 Å². The summed E-state index contributed by atoms with van der Waals surface area (Å²) in [5, 5.41) is 10.9. The van der Waals surface area contributed by atoms with E-state index in [1.54, 1.807) is 25.1 Å². The van der Waals surface area contributed by atoms with E-state index in [1.807, 2.05) is 24.3 Å². The molecule has 0 aliphatic carbocycles. The van der Waals surface area contributed by atoms with Crippen molar-refractivity contribution in [2.75, 3.05) is 0 Å². The maximum absolute atomic E-state index is 9.72. The third kappa shape index (κ3) is 3.63. The number of aliphatic hydroxyl groups is 1. The predicted molar refractivity (Wildman–Crippen MR) is 77.9 cm³/mol. The summed E-state index contributed by atoms with van der Waals surface area (Å²) in [4.78, 5) is 0. The van der Waals surface area contributed by atoms with E-state index in [4.69, 9.17) is 27.9 Å². The summed E-state index contributed by atoms with van der Waals surface area (Å²) in [6.07, 6.45) is -0.639. The van der Waals surface area contributed by atoms with Crippen LogP contribution in [0, 0.1) is 0 Å². The summed E-state index contributed by atoms with van der Waals surface area (Å²) in [5.41, 5.74) is 1.57. The first-order valence-corrected chi connectivity index (χ1v) is 6.67. The number of aliphatic hydroxyl groups excluding tert-OH is 1. The molecule has 0 radical (unpaired) electrons. The van der Waals surface area contributed by atoms with Gasteiger partial charge in [0.2, 0.25) is 0 Å². The lowest BCUT2D eigenvalue weighted by Crippen LogP contribution is -2.01. The summed E-state index contributed by atoms with van der Waals surface area (Å²) in [6.45, 7) is 2.02. The van der Waals surface area contributed by atoms with E-state index in [-0.39, 0.29) is 0 Å². The van der Waals surface area contributed by atoms with Crippen LogP contribution in [0.4, 0.5) is 0 Å². The third-order valence-corrected chi connectivity index (χ3v) is 3.37.